The molecule has 0 atom stereocenters. The Morgan fingerprint density at radius 1 is 1.25 bits per heavy atom. The second kappa shape index (κ2) is 9.08. The molecule has 0 heterocycles. The summed E-state index contributed by atoms with van der Waals surface area (Å²) in [6, 6.07) is 9.45. The van der Waals surface area contributed by atoms with Crippen LogP contribution in [0.4, 0.5) is 0 Å². The Labute approximate surface area is 119 Å². The van der Waals surface area contributed by atoms with Gasteiger partial charge in [0, 0.05) is 33.2 Å². The Kier molecular flexibility index (Phi) is 7.33. The minimum atomic E-state index is -0.336. The molecule has 0 aromatic heterocycles. The summed E-state index contributed by atoms with van der Waals surface area (Å²) in [5.41, 5.74) is 1.63. The highest BCUT2D eigenvalue weighted by Crippen LogP contribution is 2.09. The number of benzene rings is 1. The molecule has 0 aliphatic heterocycles. The van der Waals surface area contributed by atoms with Crippen LogP contribution in [-0.2, 0) is 16.0 Å². The summed E-state index contributed by atoms with van der Waals surface area (Å²) in [5.74, 6) is -0.336. The molecule has 0 N–H and O–H groups in total. The van der Waals surface area contributed by atoms with E-state index in [-0.39, 0.29) is 5.97 Å². The molecule has 0 saturated heterocycles. The SMILES string of the molecule is COCCN(CCC#N)Cc1ccc(C(=O)OC)cc1. The Hall–Kier alpha value is -1.90. The molecule has 0 unspecified atom stereocenters. The topological polar surface area (TPSA) is 62.6 Å². The zero-order chi connectivity index (χ0) is 14.8. The highest BCUT2D eigenvalue weighted by Gasteiger charge is 2.08. The summed E-state index contributed by atoms with van der Waals surface area (Å²) in [4.78, 5) is 13.5. The van der Waals surface area contributed by atoms with Crippen LogP contribution in [0.1, 0.15) is 22.3 Å². The lowest BCUT2D eigenvalue weighted by atomic mass is 10.1. The van der Waals surface area contributed by atoms with Gasteiger partial charge in [-0.25, -0.2) is 4.79 Å². The fraction of sp³-hybridized carbons (Fsp3) is 0.467. The number of hydrogen-bond donors (Lipinski definition) is 0. The standard InChI is InChI=1S/C15H20N2O3/c1-19-11-10-17(9-3-8-16)12-13-4-6-14(7-5-13)15(18)20-2/h4-7H,3,9-12H2,1-2H3. The molecule has 1 aromatic carbocycles. The summed E-state index contributed by atoms with van der Waals surface area (Å²) in [6.07, 6.45) is 0.490. The third-order valence-corrected chi connectivity index (χ3v) is 2.93. The second-order valence-electron chi connectivity index (χ2n) is 4.37. The lowest BCUT2D eigenvalue weighted by Gasteiger charge is -2.20. The van der Waals surface area contributed by atoms with Crippen LogP contribution >= 0.6 is 0 Å². The number of nitrogens with zero attached hydrogens (tertiary/aromatic N) is 2. The third kappa shape index (κ3) is 5.39. The highest BCUT2D eigenvalue weighted by molar-refractivity contribution is 5.89. The molecule has 108 valence electrons. The van der Waals surface area contributed by atoms with Crippen molar-refractivity contribution in [3.8, 4) is 6.07 Å². The van der Waals surface area contributed by atoms with Crippen molar-refractivity contribution in [2.45, 2.75) is 13.0 Å². The summed E-state index contributed by atoms with van der Waals surface area (Å²) in [7, 11) is 3.03. The molecular weight excluding hydrogens is 256 g/mol. The van der Waals surface area contributed by atoms with Gasteiger partial charge in [-0.1, -0.05) is 12.1 Å². The molecule has 5 heteroatoms. The molecular formula is C15H20N2O3. The molecule has 0 bridgehead atoms. The fourth-order valence-corrected chi connectivity index (χ4v) is 1.82. The molecule has 0 aliphatic carbocycles. The smallest absolute Gasteiger partial charge is 0.337 e. The van der Waals surface area contributed by atoms with Gasteiger partial charge in [-0.15, -0.1) is 0 Å². The van der Waals surface area contributed by atoms with Crippen molar-refractivity contribution < 1.29 is 14.3 Å². The number of rotatable bonds is 8. The summed E-state index contributed by atoms with van der Waals surface area (Å²) in [6.45, 7) is 2.84. The van der Waals surface area contributed by atoms with Crippen LogP contribution in [0.25, 0.3) is 0 Å². The number of esters is 1. The Morgan fingerprint density at radius 3 is 2.50 bits per heavy atom. The molecule has 0 radical (unpaired) electrons. The van der Waals surface area contributed by atoms with Gasteiger partial charge in [0.25, 0.3) is 0 Å². The number of methoxy groups -OCH3 is 2. The van der Waals surface area contributed by atoms with Crippen LogP contribution in [0, 0.1) is 11.3 Å². The van der Waals surface area contributed by atoms with Crippen molar-refractivity contribution >= 4 is 5.97 Å². The average molecular weight is 276 g/mol. The van der Waals surface area contributed by atoms with Gasteiger partial charge in [0.2, 0.25) is 0 Å². The minimum Gasteiger partial charge on any atom is -0.465 e. The monoisotopic (exact) mass is 276 g/mol. The third-order valence-electron chi connectivity index (χ3n) is 2.93. The molecule has 0 spiro atoms. The molecule has 1 rings (SSSR count). The molecule has 0 aliphatic rings. The molecule has 5 nitrogen and oxygen atoms in total. The van der Waals surface area contributed by atoms with E-state index >= 15 is 0 Å². The predicted octanol–water partition coefficient (Wildman–Crippen LogP) is 1.84. The largest absolute Gasteiger partial charge is 0.465 e. The Bertz CT molecular complexity index is 451. The van der Waals surface area contributed by atoms with E-state index in [1.54, 1.807) is 19.2 Å². The Morgan fingerprint density at radius 2 is 1.95 bits per heavy atom. The van der Waals surface area contributed by atoms with Crippen LogP contribution < -0.4 is 0 Å². The van der Waals surface area contributed by atoms with Gasteiger partial charge >= 0.3 is 5.97 Å². The fourth-order valence-electron chi connectivity index (χ4n) is 1.82. The highest BCUT2D eigenvalue weighted by atomic mass is 16.5. The van der Waals surface area contributed by atoms with Crippen LogP contribution in [0.5, 0.6) is 0 Å². The maximum Gasteiger partial charge on any atom is 0.337 e. The average Bonchev–Trinajstić information content (AvgIpc) is 2.49. The second-order valence-corrected chi connectivity index (χ2v) is 4.37. The van der Waals surface area contributed by atoms with Crippen molar-refractivity contribution in [2.24, 2.45) is 0 Å². The maximum absolute atomic E-state index is 11.3. The van der Waals surface area contributed by atoms with E-state index in [4.69, 9.17) is 10.00 Å². The number of nitriles is 1. The molecule has 0 amide bonds. The molecule has 0 saturated carbocycles. The minimum absolute atomic E-state index is 0.336. The van der Waals surface area contributed by atoms with Crippen LogP contribution in [0.15, 0.2) is 24.3 Å². The van der Waals surface area contributed by atoms with Gasteiger partial charge in [-0.2, -0.15) is 5.26 Å². The van der Waals surface area contributed by atoms with Crippen molar-refractivity contribution in [3.05, 3.63) is 35.4 Å². The number of carbonyl (C=O) groups is 1. The van der Waals surface area contributed by atoms with Crippen molar-refractivity contribution in [3.63, 3.8) is 0 Å². The first-order valence-electron chi connectivity index (χ1n) is 6.46. The molecule has 1 aromatic rings. The van der Waals surface area contributed by atoms with Crippen LogP contribution in [-0.4, -0.2) is 44.8 Å². The Balaban J connectivity index is 2.63. The van der Waals surface area contributed by atoms with E-state index in [1.165, 1.54) is 7.11 Å². The zero-order valence-corrected chi connectivity index (χ0v) is 12.0. The zero-order valence-electron chi connectivity index (χ0n) is 12.0. The van der Waals surface area contributed by atoms with E-state index in [9.17, 15) is 4.79 Å². The summed E-state index contributed by atoms with van der Waals surface area (Å²) < 4.78 is 9.73. The molecule has 0 fully saturated rings. The van der Waals surface area contributed by atoms with E-state index in [0.717, 1.165) is 18.7 Å². The van der Waals surface area contributed by atoms with Gasteiger partial charge in [0.1, 0.15) is 0 Å². The number of carbonyl (C=O) groups excluding carboxylic acids is 1. The van der Waals surface area contributed by atoms with E-state index in [1.807, 2.05) is 12.1 Å². The molecule has 20 heavy (non-hydrogen) atoms. The van der Waals surface area contributed by atoms with Gasteiger partial charge in [-0.05, 0) is 17.7 Å². The van der Waals surface area contributed by atoms with E-state index in [2.05, 4.69) is 15.7 Å². The first kappa shape index (κ1) is 16.2. The van der Waals surface area contributed by atoms with Crippen LogP contribution in [0.3, 0.4) is 0 Å². The normalized spacial score (nSPS) is 10.3. The number of ether oxygens (including phenoxy) is 2. The lowest BCUT2D eigenvalue weighted by Crippen LogP contribution is -2.28. The summed E-state index contributed by atoms with van der Waals surface area (Å²) >= 11 is 0. The first-order valence-corrected chi connectivity index (χ1v) is 6.46. The lowest BCUT2D eigenvalue weighted by molar-refractivity contribution is 0.0600. The van der Waals surface area contributed by atoms with Gasteiger partial charge in [-0.3, -0.25) is 4.90 Å². The quantitative estimate of drug-likeness (QED) is 0.678. The van der Waals surface area contributed by atoms with Crippen molar-refractivity contribution in [2.75, 3.05) is 33.9 Å². The van der Waals surface area contributed by atoms with E-state index < -0.39 is 0 Å². The van der Waals surface area contributed by atoms with Gasteiger partial charge in [0.05, 0.1) is 25.3 Å². The number of hydrogen-bond acceptors (Lipinski definition) is 5. The predicted molar refractivity (Wildman–Crippen MR) is 75.2 cm³/mol. The van der Waals surface area contributed by atoms with Crippen molar-refractivity contribution in [1.29, 1.82) is 5.26 Å². The first-order chi connectivity index (χ1) is 9.71. The summed E-state index contributed by atoms with van der Waals surface area (Å²) in [5, 5.41) is 8.67. The maximum atomic E-state index is 11.3. The van der Waals surface area contributed by atoms with E-state index in [0.29, 0.717) is 25.1 Å². The van der Waals surface area contributed by atoms with Crippen molar-refractivity contribution in [1.82, 2.24) is 4.90 Å². The van der Waals surface area contributed by atoms with Gasteiger partial charge < -0.3 is 9.47 Å². The van der Waals surface area contributed by atoms with Crippen LogP contribution in [0.2, 0.25) is 0 Å². The van der Waals surface area contributed by atoms with Gasteiger partial charge in [0.15, 0.2) is 0 Å².